The number of nitrogens with zero attached hydrogens (tertiary/aromatic N) is 2. The zero-order valence-corrected chi connectivity index (χ0v) is 12.3. The summed E-state index contributed by atoms with van der Waals surface area (Å²) in [5.41, 5.74) is 1.17. The van der Waals surface area contributed by atoms with Gasteiger partial charge in [-0.25, -0.2) is 4.98 Å². The minimum atomic E-state index is -0.564. The van der Waals surface area contributed by atoms with Crippen molar-refractivity contribution in [3.63, 3.8) is 0 Å². The Bertz CT molecular complexity index is 654. The summed E-state index contributed by atoms with van der Waals surface area (Å²) in [5.74, 6) is -0.484. The predicted octanol–water partition coefficient (Wildman–Crippen LogP) is 2.96. The fourth-order valence-electron chi connectivity index (χ4n) is 1.80. The number of halogens is 1. The highest BCUT2D eigenvalue weighted by atomic mass is 79.9. The second-order valence-electron chi connectivity index (χ2n) is 4.31. The summed E-state index contributed by atoms with van der Waals surface area (Å²) < 4.78 is 0.936. The molecule has 1 N–H and O–H groups in total. The zero-order valence-electron chi connectivity index (χ0n) is 10.7. The first-order valence-electron chi connectivity index (χ1n) is 5.80. The first-order valence-corrected chi connectivity index (χ1v) is 6.60. The summed E-state index contributed by atoms with van der Waals surface area (Å²) in [5, 5.41) is 10.6. The number of hydrogen-bond acceptors (Lipinski definition) is 3. The van der Waals surface area contributed by atoms with Gasteiger partial charge in [0.25, 0.3) is 5.91 Å². The van der Waals surface area contributed by atoms with Gasteiger partial charge in [-0.15, -0.1) is 0 Å². The summed E-state index contributed by atoms with van der Waals surface area (Å²) in [6, 6.07) is 10.3. The van der Waals surface area contributed by atoms with Gasteiger partial charge in [-0.05, 0) is 28.7 Å². The molecule has 2 aromatic rings. The van der Waals surface area contributed by atoms with Crippen LogP contribution in [-0.4, -0.2) is 27.8 Å². The van der Waals surface area contributed by atoms with Crippen molar-refractivity contribution < 1.29 is 9.72 Å². The van der Waals surface area contributed by atoms with Gasteiger partial charge in [0.05, 0.1) is 0 Å². The Hall–Kier alpha value is -2.15. The molecule has 0 spiro atoms. The smallest absolute Gasteiger partial charge is 0.321 e. The van der Waals surface area contributed by atoms with Gasteiger partial charge >= 0.3 is 5.82 Å². The molecule has 0 aliphatic rings. The first-order chi connectivity index (χ1) is 9.47. The van der Waals surface area contributed by atoms with Gasteiger partial charge in [-0.3, -0.25) is 4.79 Å². The second-order valence-corrected chi connectivity index (χ2v) is 5.22. The molecule has 0 atom stereocenters. The summed E-state index contributed by atoms with van der Waals surface area (Å²) in [7, 11) is 1.65. The maximum Gasteiger partial charge on any atom is 0.321 e. The van der Waals surface area contributed by atoms with E-state index >= 15 is 0 Å². The molecule has 20 heavy (non-hydrogen) atoms. The normalized spacial score (nSPS) is 10.3. The number of aromatic amines is 1. The third-order valence-corrected chi connectivity index (χ3v) is 3.25. The monoisotopic (exact) mass is 337 g/mol. The molecule has 104 valence electrons. The SMILES string of the molecule is CN(Cc1cccc(Br)c1)C(=O)c1ccc([N+](=O)[O-])[nH]1. The van der Waals surface area contributed by atoms with E-state index in [0.29, 0.717) is 6.54 Å². The van der Waals surface area contributed by atoms with Crippen LogP contribution in [0.2, 0.25) is 0 Å². The lowest BCUT2D eigenvalue weighted by Gasteiger charge is -2.15. The Morgan fingerprint density at radius 2 is 2.15 bits per heavy atom. The van der Waals surface area contributed by atoms with Gasteiger partial charge in [-0.2, -0.15) is 0 Å². The molecule has 0 bridgehead atoms. The number of aromatic nitrogens is 1. The van der Waals surface area contributed by atoms with Crippen LogP contribution in [0.3, 0.4) is 0 Å². The lowest BCUT2D eigenvalue weighted by molar-refractivity contribution is -0.389. The van der Waals surface area contributed by atoms with Gasteiger partial charge < -0.3 is 15.0 Å². The van der Waals surface area contributed by atoms with Crippen molar-refractivity contribution in [3.8, 4) is 0 Å². The lowest BCUT2D eigenvalue weighted by Crippen LogP contribution is -2.26. The van der Waals surface area contributed by atoms with Crippen molar-refractivity contribution in [2.45, 2.75) is 6.54 Å². The zero-order chi connectivity index (χ0) is 14.7. The average Bonchev–Trinajstić information content (AvgIpc) is 2.87. The molecular formula is C13H12BrN3O3. The van der Waals surface area contributed by atoms with Crippen LogP contribution >= 0.6 is 15.9 Å². The Morgan fingerprint density at radius 3 is 2.75 bits per heavy atom. The third-order valence-electron chi connectivity index (χ3n) is 2.75. The van der Waals surface area contributed by atoms with Crippen LogP contribution < -0.4 is 0 Å². The molecule has 0 fully saturated rings. The Kier molecular flexibility index (Phi) is 4.19. The number of nitrogens with one attached hydrogen (secondary N) is 1. The Labute approximate surface area is 123 Å². The van der Waals surface area contributed by atoms with E-state index in [1.807, 2.05) is 24.3 Å². The fourth-order valence-corrected chi connectivity index (χ4v) is 2.25. The van der Waals surface area contributed by atoms with Crippen LogP contribution in [0.15, 0.2) is 40.9 Å². The van der Waals surface area contributed by atoms with Crippen LogP contribution in [0.25, 0.3) is 0 Å². The van der Waals surface area contributed by atoms with Crippen molar-refractivity contribution in [3.05, 3.63) is 62.2 Å². The highest BCUT2D eigenvalue weighted by molar-refractivity contribution is 9.10. The summed E-state index contributed by atoms with van der Waals surface area (Å²) >= 11 is 3.37. The van der Waals surface area contributed by atoms with Gasteiger partial charge in [0.15, 0.2) is 5.69 Å². The lowest BCUT2D eigenvalue weighted by atomic mass is 10.2. The van der Waals surface area contributed by atoms with Crippen LogP contribution in [0.4, 0.5) is 5.82 Å². The van der Waals surface area contributed by atoms with Crippen LogP contribution in [0, 0.1) is 10.1 Å². The number of hydrogen-bond donors (Lipinski definition) is 1. The number of benzene rings is 1. The molecule has 1 aromatic carbocycles. The number of nitro groups is 1. The molecule has 0 aliphatic carbocycles. The molecule has 7 heteroatoms. The molecule has 1 amide bonds. The van der Waals surface area contributed by atoms with Crippen molar-refractivity contribution in [1.29, 1.82) is 0 Å². The van der Waals surface area contributed by atoms with E-state index < -0.39 is 4.92 Å². The maximum absolute atomic E-state index is 12.1. The molecule has 6 nitrogen and oxygen atoms in total. The molecule has 1 heterocycles. The number of rotatable bonds is 4. The van der Waals surface area contributed by atoms with Crippen LogP contribution in [0.1, 0.15) is 16.1 Å². The largest absolute Gasteiger partial charge is 0.358 e. The minimum absolute atomic E-state index is 0.191. The highest BCUT2D eigenvalue weighted by Crippen LogP contribution is 2.15. The van der Waals surface area contributed by atoms with Crippen LogP contribution in [0.5, 0.6) is 0 Å². The van der Waals surface area contributed by atoms with Gasteiger partial charge in [-0.1, -0.05) is 28.1 Å². The van der Waals surface area contributed by atoms with E-state index in [2.05, 4.69) is 20.9 Å². The first kappa shape index (κ1) is 14.3. The quantitative estimate of drug-likeness (QED) is 0.688. The van der Waals surface area contributed by atoms with E-state index in [4.69, 9.17) is 0 Å². The van der Waals surface area contributed by atoms with Crippen molar-refractivity contribution in [2.24, 2.45) is 0 Å². The van der Waals surface area contributed by atoms with Gasteiger partial charge in [0.1, 0.15) is 0 Å². The number of carbonyl (C=O) groups is 1. The molecule has 1 aromatic heterocycles. The molecule has 0 aliphatic heterocycles. The molecule has 0 saturated heterocycles. The van der Waals surface area contributed by atoms with E-state index in [9.17, 15) is 14.9 Å². The Morgan fingerprint density at radius 1 is 1.40 bits per heavy atom. The third kappa shape index (κ3) is 3.24. The fraction of sp³-hybridized carbons (Fsp3) is 0.154. The summed E-state index contributed by atoms with van der Waals surface area (Å²) in [6.07, 6.45) is 0. The predicted molar refractivity (Wildman–Crippen MR) is 77.4 cm³/mol. The van der Waals surface area contributed by atoms with Crippen molar-refractivity contribution in [2.75, 3.05) is 7.05 Å². The molecular weight excluding hydrogens is 326 g/mol. The summed E-state index contributed by atoms with van der Waals surface area (Å²) in [6.45, 7) is 0.422. The maximum atomic E-state index is 12.1. The van der Waals surface area contributed by atoms with E-state index in [1.54, 1.807) is 7.05 Å². The minimum Gasteiger partial charge on any atom is -0.358 e. The highest BCUT2D eigenvalue weighted by Gasteiger charge is 2.19. The number of amides is 1. The number of H-pyrrole nitrogens is 1. The van der Waals surface area contributed by atoms with Gasteiger partial charge in [0, 0.05) is 24.1 Å². The van der Waals surface area contributed by atoms with Gasteiger partial charge in [0.2, 0.25) is 0 Å². The van der Waals surface area contributed by atoms with E-state index in [-0.39, 0.29) is 17.4 Å². The van der Waals surface area contributed by atoms with Crippen LogP contribution in [-0.2, 0) is 6.54 Å². The standard InChI is InChI=1S/C13H12BrN3O3/c1-16(8-9-3-2-4-10(14)7-9)13(18)11-5-6-12(15-11)17(19)20/h2-7,15H,8H2,1H3. The molecule has 0 radical (unpaired) electrons. The second kappa shape index (κ2) is 5.87. The molecule has 0 unspecified atom stereocenters. The van der Waals surface area contributed by atoms with Crippen molar-refractivity contribution >= 4 is 27.7 Å². The summed E-state index contributed by atoms with van der Waals surface area (Å²) in [4.78, 5) is 26.1. The average molecular weight is 338 g/mol. The van der Waals surface area contributed by atoms with E-state index in [1.165, 1.54) is 17.0 Å². The Balaban J connectivity index is 2.10. The van der Waals surface area contributed by atoms with Crippen molar-refractivity contribution in [1.82, 2.24) is 9.88 Å². The van der Waals surface area contributed by atoms with E-state index in [0.717, 1.165) is 10.0 Å². The molecule has 0 saturated carbocycles. The topological polar surface area (TPSA) is 79.2 Å². The number of carbonyl (C=O) groups excluding carboxylic acids is 1. The molecule has 2 rings (SSSR count).